The predicted molar refractivity (Wildman–Crippen MR) is 56.5 cm³/mol. The van der Waals surface area contributed by atoms with E-state index >= 15 is 0 Å². The van der Waals surface area contributed by atoms with Crippen molar-refractivity contribution in [1.29, 1.82) is 0 Å². The van der Waals surface area contributed by atoms with E-state index < -0.39 is 6.29 Å². The van der Waals surface area contributed by atoms with Gasteiger partial charge in [-0.15, -0.1) is 0 Å². The summed E-state index contributed by atoms with van der Waals surface area (Å²) in [7, 11) is 0. The lowest BCUT2D eigenvalue weighted by Gasteiger charge is -1.95. The van der Waals surface area contributed by atoms with Crippen LogP contribution in [0.4, 0.5) is 0 Å². The second kappa shape index (κ2) is 8.44. The molecule has 3 N–H and O–H groups in total. The van der Waals surface area contributed by atoms with E-state index in [-0.39, 0.29) is 6.61 Å². The molecule has 0 aromatic rings. The third-order valence-corrected chi connectivity index (χ3v) is 1.38. The highest BCUT2D eigenvalue weighted by molar-refractivity contribution is 5.33. The highest BCUT2D eigenvalue weighted by Crippen LogP contribution is 2.01. The first-order chi connectivity index (χ1) is 6.70. The molecule has 0 aliphatic carbocycles. The summed E-state index contributed by atoms with van der Waals surface area (Å²) in [4.78, 5) is 0. The second-order valence-corrected chi connectivity index (χ2v) is 2.59. The monoisotopic (exact) mass is 196 g/mol. The van der Waals surface area contributed by atoms with Crippen molar-refractivity contribution in [2.45, 2.75) is 12.7 Å². The fourth-order valence-corrected chi connectivity index (χ4v) is 0.794. The number of allylic oxidation sites excluding steroid dienone is 5. The maximum Gasteiger partial charge on any atom is 0.171 e. The molecule has 14 heavy (non-hydrogen) atoms. The summed E-state index contributed by atoms with van der Waals surface area (Å²) in [5.41, 5.74) is 0.793. The molecule has 0 unspecified atom stereocenters. The van der Waals surface area contributed by atoms with Gasteiger partial charge in [-0.25, -0.2) is 0 Å². The molecule has 0 aliphatic rings. The van der Waals surface area contributed by atoms with E-state index in [1.807, 2.05) is 0 Å². The number of aliphatic hydroxyl groups excluding tert-OH is 2. The smallest absolute Gasteiger partial charge is 0.171 e. The Morgan fingerprint density at radius 3 is 2.50 bits per heavy atom. The Morgan fingerprint density at radius 2 is 2.00 bits per heavy atom. The van der Waals surface area contributed by atoms with E-state index in [4.69, 9.17) is 15.3 Å². The van der Waals surface area contributed by atoms with Crippen molar-refractivity contribution >= 4 is 0 Å². The molecule has 0 saturated heterocycles. The molecule has 0 spiro atoms. The highest BCUT2D eigenvalue weighted by atomic mass is 16.5. The molecule has 0 rings (SSSR count). The van der Waals surface area contributed by atoms with Crippen LogP contribution in [0.15, 0.2) is 48.6 Å². The van der Waals surface area contributed by atoms with E-state index in [9.17, 15) is 0 Å². The molecule has 0 aromatic carbocycles. The van der Waals surface area contributed by atoms with Crippen LogP contribution in [0.3, 0.4) is 0 Å². The third-order valence-electron chi connectivity index (χ3n) is 1.38. The van der Waals surface area contributed by atoms with Crippen LogP contribution in [-0.4, -0.2) is 28.2 Å². The van der Waals surface area contributed by atoms with Crippen LogP contribution in [0.25, 0.3) is 0 Å². The van der Waals surface area contributed by atoms with Crippen molar-refractivity contribution < 1.29 is 15.3 Å². The third kappa shape index (κ3) is 7.49. The van der Waals surface area contributed by atoms with Gasteiger partial charge in [-0.1, -0.05) is 37.0 Å². The topological polar surface area (TPSA) is 60.7 Å². The van der Waals surface area contributed by atoms with E-state index in [0.29, 0.717) is 6.42 Å². The standard InChI is InChI=1S/C11H16O3/c1-2-5-10(6-3-4-9-12)7-8-11(13)14/h2-3,5-8,11-14H,1,4,9H2/b6-3-,8-7+,10-5+. The van der Waals surface area contributed by atoms with Gasteiger partial charge in [-0.05, 0) is 18.1 Å². The van der Waals surface area contributed by atoms with Crippen molar-refractivity contribution in [2.75, 3.05) is 6.61 Å². The average Bonchev–Trinajstić information content (AvgIpc) is 2.14. The molecule has 0 radical (unpaired) electrons. The molecular formula is C11H16O3. The van der Waals surface area contributed by atoms with Crippen LogP contribution in [0.2, 0.25) is 0 Å². The van der Waals surface area contributed by atoms with Crippen molar-refractivity contribution in [3.05, 3.63) is 48.6 Å². The van der Waals surface area contributed by atoms with Gasteiger partial charge in [0.15, 0.2) is 6.29 Å². The molecular weight excluding hydrogens is 180 g/mol. The van der Waals surface area contributed by atoms with Gasteiger partial charge in [0, 0.05) is 6.61 Å². The zero-order valence-electron chi connectivity index (χ0n) is 8.00. The summed E-state index contributed by atoms with van der Waals surface area (Å²) in [6, 6.07) is 0. The zero-order chi connectivity index (χ0) is 10.8. The van der Waals surface area contributed by atoms with Gasteiger partial charge >= 0.3 is 0 Å². The molecule has 3 heteroatoms. The van der Waals surface area contributed by atoms with Crippen LogP contribution < -0.4 is 0 Å². The van der Waals surface area contributed by atoms with Crippen LogP contribution >= 0.6 is 0 Å². The highest BCUT2D eigenvalue weighted by Gasteiger charge is 1.88. The maximum absolute atomic E-state index is 8.59. The number of aliphatic hydroxyl groups is 3. The molecule has 0 fully saturated rings. The summed E-state index contributed by atoms with van der Waals surface area (Å²) in [5, 5.41) is 25.7. The lowest BCUT2D eigenvalue weighted by atomic mass is 10.2. The molecule has 3 nitrogen and oxygen atoms in total. The second-order valence-electron chi connectivity index (χ2n) is 2.59. The first-order valence-corrected chi connectivity index (χ1v) is 4.35. The molecule has 0 atom stereocenters. The minimum absolute atomic E-state index is 0.101. The van der Waals surface area contributed by atoms with Gasteiger partial charge in [0.2, 0.25) is 0 Å². The summed E-state index contributed by atoms with van der Waals surface area (Å²) in [6.07, 6.45) is 8.84. The lowest BCUT2D eigenvalue weighted by Crippen LogP contribution is -1.97. The Kier molecular flexibility index (Phi) is 7.74. The molecule has 78 valence electrons. The Morgan fingerprint density at radius 1 is 1.29 bits per heavy atom. The van der Waals surface area contributed by atoms with E-state index in [0.717, 1.165) is 5.57 Å². The van der Waals surface area contributed by atoms with E-state index in [1.165, 1.54) is 6.08 Å². The Bertz CT molecular complexity index is 237. The van der Waals surface area contributed by atoms with Gasteiger partial charge in [-0.3, -0.25) is 0 Å². The number of hydrogen-bond donors (Lipinski definition) is 3. The summed E-state index contributed by atoms with van der Waals surface area (Å²) in [5.74, 6) is 0. The molecule has 0 bridgehead atoms. The van der Waals surface area contributed by atoms with Gasteiger partial charge in [0.05, 0.1) is 0 Å². The minimum Gasteiger partial charge on any atom is -0.396 e. The van der Waals surface area contributed by atoms with E-state index in [1.54, 1.807) is 30.4 Å². The van der Waals surface area contributed by atoms with Gasteiger partial charge < -0.3 is 15.3 Å². The van der Waals surface area contributed by atoms with Gasteiger partial charge in [-0.2, -0.15) is 0 Å². The largest absolute Gasteiger partial charge is 0.396 e. The quantitative estimate of drug-likeness (QED) is 0.437. The number of hydrogen-bond acceptors (Lipinski definition) is 3. The fraction of sp³-hybridized carbons (Fsp3) is 0.273. The van der Waals surface area contributed by atoms with Crippen molar-refractivity contribution in [3.8, 4) is 0 Å². The molecule has 0 amide bonds. The molecule has 0 saturated carbocycles. The SMILES string of the molecule is C=C/C=C(\C=C/CCO)/C=C/C(O)O. The van der Waals surface area contributed by atoms with Crippen molar-refractivity contribution in [2.24, 2.45) is 0 Å². The summed E-state index contributed by atoms with van der Waals surface area (Å²) >= 11 is 0. The van der Waals surface area contributed by atoms with Crippen LogP contribution in [0.5, 0.6) is 0 Å². The fourth-order valence-electron chi connectivity index (χ4n) is 0.794. The Hall–Kier alpha value is -1.16. The van der Waals surface area contributed by atoms with Crippen LogP contribution in [0.1, 0.15) is 6.42 Å². The maximum atomic E-state index is 8.59. The summed E-state index contributed by atoms with van der Waals surface area (Å²) < 4.78 is 0. The normalized spacial score (nSPS) is 13.3. The Balaban J connectivity index is 4.30. The lowest BCUT2D eigenvalue weighted by molar-refractivity contribution is 0.00235. The average molecular weight is 196 g/mol. The first-order valence-electron chi connectivity index (χ1n) is 4.35. The van der Waals surface area contributed by atoms with Gasteiger partial charge in [0.25, 0.3) is 0 Å². The first kappa shape index (κ1) is 12.8. The molecule has 0 aliphatic heterocycles. The predicted octanol–water partition coefficient (Wildman–Crippen LogP) is 0.904. The Labute approximate surface area is 84.0 Å². The van der Waals surface area contributed by atoms with Crippen molar-refractivity contribution in [1.82, 2.24) is 0 Å². The van der Waals surface area contributed by atoms with Crippen LogP contribution in [0, 0.1) is 0 Å². The minimum atomic E-state index is -1.45. The summed E-state index contributed by atoms with van der Waals surface area (Å²) in [6.45, 7) is 3.64. The van der Waals surface area contributed by atoms with E-state index in [2.05, 4.69) is 6.58 Å². The number of rotatable bonds is 6. The zero-order valence-corrected chi connectivity index (χ0v) is 8.00. The van der Waals surface area contributed by atoms with Gasteiger partial charge in [0.1, 0.15) is 0 Å². The molecule has 0 heterocycles. The molecule has 0 aromatic heterocycles. The van der Waals surface area contributed by atoms with Crippen molar-refractivity contribution in [3.63, 3.8) is 0 Å². The van der Waals surface area contributed by atoms with Crippen LogP contribution in [-0.2, 0) is 0 Å².